The molecule has 1 aromatic carbocycles. The summed E-state index contributed by atoms with van der Waals surface area (Å²) in [6, 6.07) is 5.91. The first kappa shape index (κ1) is 13.3. The Labute approximate surface area is 98.1 Å². The molecule has 16 heavy (non-hydrogen) atoms. The minimum absolute atomic E-state index is 0.370. The van der Waals surface area contributed by atoms with Gasteiger partial charge in [-0.1, -0.05) is 12.1 Å². The van der Waals surface area contributed by atoms with E-state index in [-0.39, 0.29) is 5.82 Å². The molecule has 87 valence electrons. The molecule has 0 aliphatic heterocycles. The van der Waals surface area contributed by atoms with Crippen molar-refractivity contribution in [1.29, 1.82) is 0 Å². The lowest BCUT2D eigenvalue weighted by Gasteiger charge is -2.31. The molecule has 3 radical (unpaired) electrons. The van der Waals surface area contributed by atoms with Crippen LogP contribution in [0.5, 0.6) is 0 Å². The summed E-state index contributed by atoms with van der Waals surface area (Å²) in [5.41, 5.74) is 0.464. The Morgan fingerprint density at radius 1 is 1.25 bits per heavy atom. The molecule has 0 spiro atoms. The summed E-state index contributed by atoms with van der Waals surface area (Å²) >= 11 is 0. The van der Waals surface area contributed by atoms with Crippen molar-refractivity contribution in [3.8, 4) is 0 Å². The van der Waals surface area contributed by atoms with E-state index in [0.717, 1.165) is 0 Å². The molecule has 0 atom stereocenters. The van der Waals surface area contributed by atoms with Crippen LogP contribution in [0.2, 0.25) is 0 Å². The molecule has 0 saturated heterocycles. The Bertz CT molecular complexity index is 327. The second kappa shape index (κ2) is 6.10. The van der Waals surface area contributed by atoms with Crippen molar-refractivity contribution in [2.24, 2.45) is 0 Å². The van der Waals surface area contributed by atoms with E-state index in [1.165, 1.54) is 12.1 Å². The number of halogens is 1. The molecule has 0 fully saturated rings. The Kier molecular flexibility index (Phi) is 5.07. The van der Waals surface area contributed by atoms with Crippen LogP contribution in [0, 0.1) is 5.82 Å². The van der Waals surface area contributed by atoms with Crippen molar-refractivity contribution in [2.45, 2.75) is 19.8 Å². The average molecular weight is 241 g/mol. The number of hydrogen-bond acceptors (Lipinski definition) is 3. The molecule has 0 bridgehead atoms. The molecule has 0 saturated carbocycles. The molecule has 0 unspecified atom stereocenters. The predicted octanol–water partition coefficient (Wildman–Crippen LogP) is 2.11. The molecular formula is C11H14FO3Si. The van der Waals surface area contributed by atoms with Crippen molar-refractivity contribution in [3.05, 3.63) is 35.6 Å². The molecular weight excluding hydrogens is 227 g/mol. The molecule has 0 aromatic heterocycles. The van der Waals surface area contributed by atoms with E-state index in [0.29, 0.717) is 18.8 Å². The van der Waals surface area contributed by atoms with Gasteiger partial charge in [0.15, 0.2) is 0 Å². The highest BCUT2D eigenvalue weighted by Crippen LogP contribution is 2.28. The fraction of sp³-hybridized carbons (Fsp3) is 0.455. The molecule has 0 N–H and O–H groups in total. The van der Waals surface area contributed by atoms with Crippen LogP contribution in [0.3, 0.4) is 0 Å². The first-order chi connectivity index (χ1) is 7.68. The van der Waals surface area contributed by atoms with Crippen LogP contribution < -0.4 is 0 Å². The number of ether oxygens (including phenoxy) is 2. The first-order valence-corrected chi connectivity index (χ1v) is 5.48. The molecule has 0 heterocycles. The van der Waals surface area contributed by atoms with Gasteiger partial charge in [0.2, 0.25) is 0 Å². The van der Waals surface area contributed by atoms with E-state index in [1.54, 1.807) is 26.0 Å². The molecule has 5 heteroatoms. The topological polar surface area (TPSA) is 27.7 Å². The zero-order valence-corrected chi connectivity index (χ0v) is 10.3. The summed E-state index contributed by atoms with van der Waals surface area (Å²) in [5.74, 6) is -1.77. The van der Waals surface area contributed by atoms with E-state index in [4.69, 9.17) is 13.9 Å². The largest absolute Gasteiger partial charge is 0.367 e. The summed E-state index contributed by atoms with van der Waals surface area (Å²) in [4.78, 5) is 0. The second-order valence-corrected chi connectivity index (χ2v) is 3.24. The smallest absolute Gasteiger partial charge is 0.302 e. The lowest BCUT2D eigenvalue weighted by molar-refractivity contribution is -0.352. The standard InChI is InChI=1S/C11H14FO3Si/c1-3-13-11(15-16,14-4-2)9-6-5-7-10(12)8-9/h5-8H,3-4H2,1-2H3. The zero-order valence-electron chi connectivity index (χ0n) is 9.33. The monoisotopic (exact) mass is 241 g/mol. The lowest BCUT2D eigenvalue weighted by Crippen LogP contribution is -2.36. The fourth-order valence-electron chi connectivity index (χ4n) is 1.39. The van der Waals surface area contributed by atoms with Crippen molar-refractivity contribution in [2.75, 3.05) is 13.2 Å². The van der Waals surface area contributed by atoms with Crippen molar-refractivity contribution >= 4 is 10.5 Å². The highest BCUT2D eigenvalue weighted by molar-refractivity contribution is 5.98. The van der Waals surface area contributed by atoms with Gasteiger partial charge in [-0.2, -0.15) is 0 Å². The Hall–Kier alpha value is -0.753. The van der Waals surface area contributed by atoms with Gasteiger partial charge in [0.1, 0.15) is 5.82 Å². The predicted molar refractivity (Wildman–Crippen MR) is 58.2 cm³/mol. The average Bonchev–Trinajstić information content (AvgIpc) is 2.28. The summed E-state index contributed by atoms with van der Waals surface area (Å²) in [7, 11) is 2.92. The minimum atomic E-state index is -1.40. The van der Waals surface area contributed by atoms with Gasteiger partial charge in [0.25, 0.3) is 10.5 Å². The van der Waals surface area contributed by atoms with Crippen LogP contribution in [0.4, 0.5) is 4.39 Å². The third-order valence-electron chi connectivity index (χ3n) is 1.98. The SMILES string of the molecule is CCOC(O[Si])(OCC)c1cccc(F)c1. The van der Waals surface area contributed by atoms with E-state index >= 15 is 0 Å². The molecule has 1 aromatic rings. The fourth-order valence-corrected chi connectivity index (χ4v) is 1.62. The molecule has 3 nitrogen and oxygen atoms in total. The maximum atomic E-state index is 13.1. The summed E-state index contributed by atoms with van der Waals surface area (Å²) in [5, 5.41) is 0. The van der Waals surface area contributed by atoms with Gasteiger partial charge in [-0.3, -0.25) is 0 Å². The van der Waals surface area contributed by atoms with Gasteiger partial charge in [-0.05, 0) is 26.0 Å². The van der Waals surface area contributed by atoms with Crippen LogP contribution in [0.15, 0.2) is 24.3 Å². The molecule has 0 amide bonds. The Morgan fingerprint density at radius 2 is 1.88 bits per heavy atom. The Balaban J connectivity index is 3.07. The minimum Gasteiger partial charge on any atom is -0.367 e. The first-order valence-electron chi connectivity index (χ1n) is 5.07. The van der Waals surface area contributed by atoms with Crippen molar-refractivity contribution < 1.29 is 18.3 Å². The molecule has 0 aliphatic rings. The van der Waals surface area contributed by atoms with Gasteiger partial charge in [0.05, 0.1) is 0 Å². The van der Waals surface area contributed by atoms with Crippen molar-refractivity contribution in [1.82, 2.24) is 0 Å². The maximum Gasteiger partial charge on any atom is 0.302 e. The summed E-state index contributed by atoms with van der Waals surface area (Å²) in [6.45, 7) is 4.36. The van der Waals surface area contributed by atoms with E-state index in [1.807, 2.05) is 0 Å². The number of benzene rings is 1. The molecule has 0 aliphatic carbocycles. The van der Waals surface area contributed by atoms with Crippen LogP contribution in [0.25, 0.3) is 0 Å². The van der Waals surface area contributed by atoms with Gasteiger partial charge in [0, 0.05) is 18.8 Å². The Morgan fingerprint density at radius 3 is 2.31 bits per heavy atom. The van der Waals surface area contributed by atoms with Crippen molar-refractivity contribution in [3.63, 3.8) is 0 Å². The van der Waals surface area contributed by atoms with Gasteiger partial charge < -0.3 is 13.9 Å². The number of hydrogen-bond donors (Lipinski definition) is 0. The van der Waals surface area contributed by atoms with Crippen LogP contribution in [0.1, 0.15) is 19.4 Å². The van der Waals surface area contributed by atoms with Gasteiger partial charge in [-0.25, -0.2) is 4.39 Å². The van der Waals surface area contributed by atoms with E-state index in [2.05, 4.69) is 10.5 Å². The quantitative estimate of drug-likeness (QED) is 0.564. The summed E-state index contributed by atoms with van der Waals surface area (Å²) in [6.07, 6.45) is 0. The van der Waals surface area contributed by atoms with Crippen LogP contribution >= 0.6 is 0 Å². The highest BCUT2D eigenvalue weighted by atomic mass is 28.2. The second-order valence-electron chi connectivity index (χ2n) is 3.03. The molecule has 1 rings (SSSR count). The number of rotatable bonds is 6. The van der Waals surface area contributed by atoms with Gasteiger partial charge in [-0.15, -0.1) is 0 Å². The van der Waals surface area contributed by atoms with E-state index in [9.17, 15) is 4.39 Å². The highest BCUT2D eigenvalue weighted by Gasteiger charge is 2.34. The summed E-state index contributed by atoms with van der Waals surface area (Å²) < 4.78 is 29.0. The van der Waals surface area contributed by atoms with E-state index < -0.39 is 5.97 Å². The van der Waals surface area contributed by atoms with Crippen LogP contribution in [-0.2, 0) is 19.9 Å². The maximum absolute atomic E-state index is 13.1. The lowest BCUT2D eigenvalue weighted by atomic mass is 10.2. The normalized spacial score (nSPS) is 11.8. The van der Waals surface area contributed by atoms with Gasteiger partial charge >= 0.3 is 5.97 Å². The zero-order chi connectivity index (χ0) is 12.0. The third-order valence-corrected chi connectivity index (χ3v) is 2.25. The van der Waals surface area contributed by atoms with Crippen LogP contribution in [-0.4, -0.2) is 23.7 Å². The third kappa shape index (κ3) is 2.88.